The van der Waals surface area contributed by atoms with E-state index in [0.717, 1.165) is 6.07 Å². The van der Waals surface area contributed by atoms with E-state index in [0.29, 0.717) is 18.5 Å². The van der Waals surface area contributed by atoms with Gasteiger partial charge in [-0.05, 0) is 25.6 Å². The Morgan fingerprint density at radius 1 is 1.23 bits per heavy atom. The van der Waals surface area contributed by atoms with Crippen molar-refractivity contribution in [1.29, 1.82) is 0 Å². The molecule has 0 fully saturated rings. The van der Waals surface area contributed by atoms with Crippen LogP contribution < -0.4 is 20.7 Å². The van der Waals surface area contributed by atoms with Crippen molar-refractivity contribution >= 4 is 35.4 Å². The number of carbonyl (C=O) groups excluding carboxylic acids is 3. The minimum Gasteiger partial charge on any atom is -0.494 e. The van der Waals surface area contributed by atoms with Gasteiger partial charge in [-0.15, -0.1) is 0 Å². The van der Waals surface area contributed by atoms with Gasteiger partial charge in [0.15, 0.2) is 6.29 Å². The van der Waals surface area contributed by atoms with E-state index in [2.05, 4.69) is 16.0 Å². The minimum atomic E-state index is -0.722. The number of methoxy groups -OCH3 is 1. The van der Waals surface area contributed by atoms with E-state index in [4.69, 9.17) is 16.3 Å². The second kappa shape index (κ2) is 11.7. The number of nitrogens with one attached hydrogen (secondary N) is 3. The van der Waals surface area contributed by atoms with Gasteiger partial charge in [-0.3, -0.25) is 14.4 Å². The first kappa shape index (κ1) is 26.4. The summed E-state index contributed by atoms with van der Waals surface area (Å²) in [4.78, 5) is 38.3. The smallest absolute Gasteiger partial charge is 0.225 e. The van der Waals surface area contributed by atoms with Gasteiger partial charge in [0.2, 0.25) is 11.8 Å². The monoisotopic (exact) mass is 456 g/mol. The zero-order valence-electron chi connectivity index (χ0n) is 18.7. The summed E-state index contributed by atoms with van der Waals surface area (Å²) in [5.74, 6) is -1.32. The van der Waals surface area contributed by atoms with Crippen molar-refractivity contribution in [2.45, 2.75) is 26.7 Å². The van der Waals surface area contributed by atoms with Crippen molar-refractivity contribution in [3.63, 3.8) is 0 Å². The second-order valence-corrected chi connectivity index (χ2v) is 8.49. The van der Waals surface area contributed by atoms with Crippen molar-refractivity contribution < 1.29 is 23.5 Å². The van der Waals surface area contributed by atoms with E-state index in [-0.39, 0.29) is 35.0 Å². The second-order valence-electron chi connectivity index (χ2n) is 8.08. The molecular weight excluding hydrogens is 427 g/mol. The summed E-state index contributed by atoms with van der Waals surface area (Å²) >= 11 is 5.78. The van der Waals surface area contributed by atoms with Crippen LogP contribution in [0.2, 0.25) is 5.02 Å². The zero-order valence-corrected chi connectivity index (χ0v) is 19.4. The third-order valence-electron chi connectivity index (χ3n) is 4.29. The molecule has 0 heterocycles. The number of hydrogen-bond acceptors (Lipinski definition) is 6. The Bertz CT molecular complexity index is 856. The number of amides is 2. The van der Waals surface area contributed by atoms with Crippen LogP contribution in [0, 0.1) is 11.2 Å². The van der Waals surface area contributed by atoms with Crippen LogP contribution in [-0.2, 0) is 14.4 Å². The number of carbonyl (C=O) groups is 3. The highest BCUT2D eigenvalue weighted by molar-refractivity contribution is 6.31. The molecule has 3 N–H and O–H groups in total. The summed E-state index contributed by atoms with van der Waals surface area (Å²) in [6, 6.07) is 2.34. The predicted molar refractivity (Wildman–Crippen MR) is 118 cm³/mol. The molecule has 0 atom stereocenters. The summed E-state index contributed by atoms with van der Waals surface area (Å²) in [6.07, 6.45) is 0.574. The fourth-order valence-corrected chi connectivity index (χ4v) is 3.07. The van der Waals surface area contributed by atoms with Crippen molar-refractivity contribution in [2.24, 2.45) is 5.41 Å². The number of aldehydes is 1. The number of anilines is 1. The van der Waals surface area contributed by atoms with Gasteiger partial charge in [-0.25, -0.2) is 4.39 Å². The van der Waals surface area contributed by atoms with Crippen molar-refractivity contribution in [3.05, 3.63) is 34.4 Å². The molecule has 2 amide bonds. The highest BCUT2D eigenvalue weighted by Crippen LogP contribution is 2.32. The summed E-state index contributed by atoms with van der Waals surface area (Å²) in [5.41, 5.74) is 0.226. The first-order chi connectivity index (χ1) is 14.4. The van der Waals surface area contributed by atoms with Crippen molar-refractivity contribution in [1.82, 2.24) is 15.5 Å². The van der Waals surface area contributed by atoms with Gasteiger partial charge in [-0.1, -0.05) is 25.4 Å². The van der Waals surface area contributed by atoms with Crippen LogP contribution >= 0.6 is 11.6 Å². The molecule has 1 aromatic rings. The number of halogens is 2. The van der Waals surface area contributed by atoms with Crippen molar-refractivity contribution in [3.8, 4) is 5.75 Å². The largest absolute Gasteiger partial charge is 0.494 e. The summed E-state index contributed by atoms with van der Waals surface area (Å²) in [5, 5.41) is 8.00. The van der Waals surface area contributed by atoms with Crippen LogP contribution in [0.5, 0.6) is 5.75 Å². The number of likely N-dealkylation sites (N-methyl/N-ethyl adjacent to an activating group) is 2. The first-order valence-electron chi connectivity index (χ1n) is 9.56. The summed E-state index contributed by atoms with van der Waals surface area (Å²) in [7, 11) is 6.69. The lowest BCUT2D eigenvalue weighted by atomic mass is 9.85. The molecule has 0 unspecified atom stereocenters. The Hall–Kier alpha value is -2.65. The molecular formula is C21H30ClFN4O4. The number of nitrogens with zero attached hydrogens (tertiary/aromatic N) is 1. The highest BCUT2D eigenvalue weighted by Gasteiger charge is 2.27. The third-order valence-corrected chi connectivity index (χ3v) is 4.58. The molecule has 0 saturated heterocycles. The number of benzene rings is 1. The molecule has 172 valence electrons. The molecule has 31 heavy (non-hydrogen) atoms. The summed E-state index contributed by atoms with van der Waals surface area (Å²) < 4.78 is 18.6. The number of hydrogen-bond donors (Lipinski definition) is 3. The molecule has 0 saturated carbocycles. The zero-order chi connectivity index (χ0) is 23.8. The molecule has 0 aliphatic carbocycles. The van der Waals surface area contributed by atoms with Gasteiger partial charge in [0.1, 0.15) is 17.3 Å². The van der Waals surface area contributed by atoms with Gasteiger partial charge in [0.25, 0.3) is 0 Å². The van der Waals surface area contributed by atoms with E-state index >= 15 is 0 Å². The molecule has 0 aromatic heterocycles. The number of allylic oxidation sites excluding steroid dienone is 1. The molecule has 0 spiro atoms. The maximum absolute atomic E-state index is 13.6. The predicted octanol–water partition coefficient (Wildman–Crippen LogP) is 2.54. The van der Waals surface area contributed by atoms with Crippen LogP contribution in [0.4, 0.5) is 10.1 Å². The fourth-order valence-electron chi connectivity index (χ4n) is 2.91. The van der Waals surface area contributed by atoms with Gasteiger partial charge < -0.3 is 25.6 Å². The van der Waals surface area contributed by atoms with Crippen LogP contribution in [0.25, 0.3) is 0 Å². The van der Waals surface area contributed by atoms with Crippen LogP contribution in [0.3, 0.4) is 0 Å². The van der Waals surface area contributed by atoms with Gasteiger partial charge >= 0.3 is 0 Å². The Balaban J connectivity index is 2.83. The quantitative estimate of drug-likeness (QED) is 0.349. The molecule has 8 nitrogen and oxygen atoms in total. The third kappa shape index (κ3) is 8.55. The maximum atomic E-state index is 13.6. The molecule has 0 radical (unpaired) electrons. The average molecular weight is 457 g/mol. The fraction of sp³-hybridized carbons (Fsp3) is 0.476. The molecule has 1 aromatic carbocycles. The normalized spacial score (nSPS) is 12.2. The van der Waals surface area contributed by atoms with E-state index < -0.39 is 23.0 Å². The molecule has 10 heteroatoms. The molecule has 0 aliphatic heterocycles. The van der Waals surface area contributed by atoms with E-state index in [1.807, 2.05) is 19.0 Å². The van der Waals surface area contributed by atoms with Crippen molar-refractivity contribution in [2.75, 3.05) is 40.1 Å². The lowest BCUT2D eigenvalue weighted by Gasteiger charge is -2.24. The number of rotatable bonds is 11. The molecule has 0 aliphatic rings. The highest BCUT2D eigenvalue weighted by atomic mass is 35.5. The average Bonchev–Trinajstić information content (AvgIpc) is 2.65. The van der Waals surface area contributed by atoms with Crippen LogP contribution in [-0.4, -0.2) is 57.8 Å². The van der Waals surface area contributed by atoms with E-state index in [1.54, 1.807) is 20.9 Å². The summed E-state index contributed by atoms with van der Waals surface area (Å²) in [6.45, 7) is 3.95. The first-order valence-corrected chi connectivity index (χ1v) is 9.93. The lowest BCUT2D eigenvalue weighted by molar-refractivity contribution is -0.124. The van der Waals surface area contributed by atoms with E-state index in [9.17, 15) is 18.8 Å². The lowest BCUT2D eigenvalue weighted by Crippen LogP contribution is -2.34. The Morgan fingerprint density at radius 2 is 1.84 bits per heavy atom. The Labute approximate surface area is 187 Å². The molecule has 0 bridgehead atoms. The van der Waals surface area contributed by atoms with Crippen LogP contribution in [0.15, 0.2) is 23.5 Å². The van der Waals surface area contributed by atoms with Gasteiger partial charge in [-0.2, -0.15) is 0 Å². The van der Waals surface area contributed by atoms with Gasteiger partial charge in [0.05, 0.1) is 23.5 Å². The van der Waals surface area contributed by atoms with Crippen LogP contribution in [0.1, 0.15) is 26.7 Å². The standard InChI is InChI=1S/C21H30ClFN4O4/c1-21(2,10-20(30)26-17(12-28)16(24-3)11-27(4)5)9-19(29)25-15-7-13(22)14(23)8-18(15)31-6/h7-8,12,24H,9-11H2,1-6H3,(H,25,29)(H,26,30)/b17-16+. The topological polar surface area (TPSA) is 99.8 Å². The number of ether oxygens (including phenoxy) is 1. The van der Waals surface area contributed by atoms with E-state index in [1.165, 1.54) is 13.2 Å². The SMILES string of the molecule is CN/C(CN(C)C)=C(\C=O)NC(=O)CC(C)(C)CC(=O)Nc1cc(Cl)c(F)cc1OC. The molecule has 1 rings (SSSR count). The maximum Gasteiger partial charge on any atom is 0.225 e. The van der Waals surface area contributed by atoms with Gasteiger partial charge in [0, 0.05) is 32.5 Å². The minimum absolute atomic E-state index is 0.00196. The Morgan fingerprint density at radius 3 is 2.35 bits per heavy atom. The Kier molecular flexibility index (Phi) is 9.93.